The molecule has 0 aromatic carbocycles. The summed E-state index contributed by atoms with van der Waals surface area (Å²) in [4.78, 5) is 0. The van der Waals surface area contributed by atoms with Crippen molar-refractivity contribution in [2.45, 2.75) is 80.6 Å². The maximum Gasteiger partial charge on any atom is -0.00181 e. The highest BCUT2D eigenvalue weighted by Crippen LogP contribution is 2.36. The first-order valence-electron chi connectivity index (χ1n) is 8.59. The van der Waals surface area contributed by atoms with Crippen molar-refractivity contribution in [3.05, 3.63) is 0 Å². The van der Waals surface area contributed by atoms with Gasteiger partial charge in [0, 0.05) is 0 Å². The molecule has 0 spiro atoms. The molecule has 0 heterocycles. The fourth-order valence-electron chi connectivity index (χ4n) is 2.96. The van der Waals surface area contributed by atoms with E-state index in [1.807, 2.05) is 0 Å². The summed E-state index contributed by atoms with van der Waals surface area (Å²) in [7, 11) is 0. The van der Waals surface area contributed by atoms with Gasteiger partial charge in [-0.05, 0) is 49.1 Å². The molecule has 0 amide bonds. The zero-order valence-corrected chi connectivity index (χ0v) is 14.7. The molecular weight excluding hydrogens is 230 g/mol. The van der Waals surface area contributed by atoms with Crippen LogP contribution in [-0.4, -0.2) is 13.1 Å². The van der Waals surface area contributed by atoms with Crippen LogP contribution in [0.3, 0.4) is 0 Å². The molecule has 0 saturated heterocycles. The van der Waals surface area contributed by atoms with E-state index in [2.05, 4.69) is 53.8 Å². The summed E-state index contributed by atoms with van der Waals surface area (Å²) in [6.07, 6.45) is 6.74. The third-order valence-corrected chi connectivity index (χ3v) is 5.31. The van der Waals surface area contributed by atoms with Crippen molar-refractivity contribution in [2.24, 2.45) is 23.2 Å². The van der Waals surface area contributed by atoms with Gasteiger partial charge in [-0.3, -0.25) is 0 Å². The van der Waals surface area contributed by atoms with Crippen molar-refractivity contribution >= 4 is 0 Å². The summed E-state index contributed by atoms with van der Waals surface area (Å²) in [5.41, 5.74) is 0.491. The Bertz CT molecular complexity index is 210. The van der Waals surface area contributed by atoms with Crippen molar-refractivity contribution < 1.29 is 0 Å². The van der Waals surface area contributed by atoms with Gasteiger partial charge in [0.25, 0.3) is 0 Å². The standard InChI is InChI=1S/C18H39N/c1-8-11-15(4)17(14-19-10-3)12-13-18(6,7)16(5)9-2/h15-17,19H,8-14H2,1-7H3. The third kappa shape index (κ3) is 7.34. The van der Waals surface area contributed by atoms with Gasteiger partial charge < -0.3 is 5.32 Å². The van der Waals surface area contributed by atoms with Crippen molar-refractivity contribution in [3.8, 4) is 0 Å². The van der Waals surface area contributed by atoms with E-state index in [1.54, 1.807) is 0 Å². The molecule has 3 atom stereocenters. The van der Waals surface area contributed by atoms with Crippen molar-refractivity contribution in [3.63, 3.8) is 0 Å². The van der Waals surface area contributed by atoms with Crippen molar-refractivity contribution in [2.75, 3.05) is 13.1 Å². The molecule has 1 nitrogen and oxygen atoms in total. The van der Waals surface area contributed by atoms with Gasteiger partial charge in [-0.2, -0.15) is 0 Å². The van der Waals surface area contributed by atoms with E-state index in [-0.39, 0.29) is 0 Å². The van der Waals surface area contributed by atoms with Crippen LogP contribution in [0, 0.1) is 23.2 Å². The fraction of sp³-hybridized carbons (Fsp3) is 1.00. The van der Waals surface area contributed by atoms with Crippen LogP contribution >= 0.6 is 0 Å². The van der Waals surface area contributed by atoms with Gasteiger partial charge in [0.05, 0.1) is 0 Å². The first-order valence-corrected chi connectivity index (χ1v) is 8.59. The summed E-state index contributed by atoms with van der Waals surface area (Å²) < 4.78 is 0. The Balaban J connectivity index is 4.38. The highest BCUT2D eigenvalue weighted by atomic mass is 14.8. The second-order valence-corrected chi connectivity index (χ2v) is 7.17. The Hall–Kier alpha value is -0.0400. The molecule has 0 fully saturated rings. The average Bonchev–Trinajstić information content (AvgIpc) is 2.37. The molecule has 0 aromatic rings. The van der Waals surface area contributed by atoms with E-state index >= 15 is 0 Å². The predicted molar refractivity (Wildman–Crippen MR) is 88.6 cm³/mol. The molecule has 0 saturated carbocycles. The molecule has 116 valence electrons. The summed E-state index contributed by atoms with van der Waals surface area (Å²) in [6, 6.07) is 0. The Morgan fingerprint density at radius 3 is 2.11 bits per heavy atom. The van der Waals surface area contributed by atoms with Crippen LogP contribution in [0.2, 0.25) is 0 Å². The zero-order chi connectivity index (χ0) is 14.9. The molecule has 0 aliphatic heterocycles. The van der Waals surface area contributed by atoms with Gasteiger partial charge in [-0.15, -0.1) is 0 Å². The van der Waals surface area contributed by atoms with Crippen LogP contribution in [0.5, 0.6) is 0 Å². The number of hydrogen-bond donors (Lipinski definition) is 1. The quantitative estimate of drug-likeness (QED) is 0.522. The van der Waals surface area contributed by atoms with Gasteiger partial charge in [0.2, 0.25) is 0 Å². The highest BCUT2D eigenvalue weighted by Gasteiger charge is 2.26. The molecular formula is C18H39N. The molecule has 0 rings (SSSR count). The lowest BCUT2D eigenvalue weighted by atomic mass is 9.72. The fourth-order valence-corrected chi connectivity index (χ4v) is 2.96. The summed E-state index contributed by atoms with van der Waals surface area (Å²) >= 11 is 0. The summed E-state index contributed by atoms with van der Waals surface area (Å²) in [6.45, 7) is 18.9. The first-order chi connectivity index (χ1) is 8.88. The van der Waals surface area contributed by atoms with E-state index in [4.69, 9.17) is 0 Å². The van der Waals surface area contributed by atoms with Gasteiger partial charge >= 0.3 is 0 Å². The topological polar surface area (TPSA) is 12.0 Å². The van der Waals surface area contributed by atoms with Gasteiger partial charge in [0.15, 0.2) is 0 Å². The number of rotatable bonds is 11. The zero-order valence-electron chi connectivity index (χ0n) is 14.7. The molecule has 0 radical (unpaired) electrons. The number of hydrogen-bond acceptors (Lipinski definition) is 1. The normalized spacial score (nSPS) is 17.2. The van der Waals surface area contributed by atoms with Crippen molar-refractivity contribution in [1.29, 1.82) is 0 Å². The van der Waals surface area contributed by atoms with Crippen LogP contribution in [0.1, 0.15) is 80.6 Å². The van der Waals surface area contributed by atoms with Gasteiger partial charge in [0.1, 0.15) is 0 Å². The lowest BCUT2D eigenvalue weighted by molar-refractivity contribution is 0.172. The minimum absolute atomic E-state index is 0.491. The Morgan fingerprint density at radius 2 is 1.63 bits per heavy atom. The lowest BCUT2D eigenvalue weighted by Gasteiger charge is -2.34. The minimum atomic E-state index is 0.491. The SMILES string of the molecule is CCCC(C)C(CCC(C)(C)C(C)CC)CNCC. The second kappa shape index (κ2) is 9.80. The monoisotopic (exact) mass is 269 g/mol. The van der Waals surface area contributed by atoms with Crippen LogP contribution in [0.15, 0.2) is 0 Å². The highest BCUT2D eigenvalue weighted by molar-refractivity contribution is 4.78. The van der Waals surface area contributed by atoms with Crippen LogP contribution in [0.4, 0.5) is 0 Å². The molecule has 1 heteroatoms. The summed E-state index contributed by atoms with van der Waals surface area (Å²) in [5.74, 6) is 2.54. The maximum atomic E-state index is 3.57. The third-order valence-electron chi connectivity index (χ3n) is 5.31. The van der Waals surface area contributed by atoms with Gasteiger partial charge in [-0.1, -0.05) is 67.7 Å². The lowest BCUT2D eigenvalue weighted by Crippen LogP contribution is -2.29. The van der Waals surface area contributed by atoms with Crippen LogP contribution in [0.25, 0.3) is 0 Å². The summed E-state index contributed by atoms with van der Waals surface area (Å²) in [5, 5.41) is 3.57. The van der Waals surface area contributed by atoms with E-state index in [9.17, 15) is 0 Å². The molecule has 1 N–H and O–H groups in total. The Morgan fingerprint density at radius 1 is 1.00 bits per heavy atom. The van der Waals surface area contributed by atoms with E-state index in [1.165, 1.54) is 38.6 Å². The Kier molecular flexibility index (Phi) is 9.78. The maximum absolute atomic E-state index is 3.57. The van der Waals surface area contributed by atoms with Crippen LogP contribution < -0.4 is 5.32 Å². The van der Waals surface area contributed by atoms with E-state index in [0.717, 1.165) is 24.3 Å². The van der Waals surface area contributed by atoms with Crippen LogP contribution in [-0.2, 0) is 0 Å². The Labute approximate surface area is 122 Å². The molecule has 0 bridgehead atoms. The molecule has 0 aliphatic carbocycles. The van der Waals surface area contributed by atoms with Crippen molar-refractivity contribution in [1.82, 2.24) is 5.32 Å². The predicted octanol–water partition coefficient (Wildman–Crippen LogP) is 5.50. The largest absolute Gasteiger partial charge is 0.317 e. The first kappa shape index (κ1) is 19.0. The molecule has 0 aromatic heterocycles. The van der Waals surface area contributed by atoms with Gasteiger partial charge in [-0.25, -0.2) is 0 Å². The molecule has 3 unspecified atom stereocenters. The van der Waals surface area contributed by atoms with E-state index in [0.29, 0.717) is 5.41 Å². The second-order valence-electron chi connectivity index (χ2n) is 7.17. The van der Waals surface area contributed by atoms with E-state index < -0.39 is 0 Å². The smallest absolute Gasteiger partial charge is 0.00181 e. The number of nitrogens with one attached hydrogen (secondary N) is 1. The molecule has 0 aliphatic rings. The average molecular weight is 270 g/mol. The molecule has 19 heavy (non-hydrogen) atoms. The minimum Gasteiger partial charge on any atom is -0.317 e.